The van der Waals surface area contributed by atoms with E-state index in [2.05, 4.69) is 56.7 Å². The van der Waals surface area contributed by atoms with E-state index in [1.807, 2.05) is 0 Å². The molecule has 1 N–H and O–H groups in total. The summed E-state index contributed by atoms with van der Waals surface area (Å²) >= 11 is 0. The Kier molecular flexibility index (Phi) is 3.27. The Morgan fingerprint density at radius 1 is 1.18 bits per heavy atom. The van der Waals surface area contributed by atoms with Crippen LogP contribution in [0.25, 0.3) is 0 Å². The van der Waals surface area contributed by atoms with E-state index < -0.39 is 0 Å². The molecule has 2 atom stereocenters. The van der Waals surface area contributed by atoms with Crippen molar-refractivity contribution in [2.75, 3.05) is 26.2 Å². The van der Waals surface area contributed by atoms with Crippen molar-refractivity contribution < 1.29 is 0 Å². The van der Waals surface area contributed by atoms with Crippen LogP contribution in [0.3, 0.4) is 0 Å². The molecule has 1 heterocycles. The van der Waals surface area contributed by atoms with Gasteiger partial charge in [-0.1, -0.05) is 25.7 Å². The van der Waals surface area contributed by atoms with E-state index in [0.717, 1.165) is 13.1 Å². The van der Waals surface area contributed by atoms with Gasteiger partial charge in [0.05, 0.1) is 0 Å². The van der Waals surface area contributed by atoms with Gasteiger partial charge in [0.1, 0.15) is 0 Å². The first-order valence-corrected chi connectivity index (χ1v) is 6.80. The summed E-state index contributed by atoms with van der Waals surface area (Å²) in [7, 11) is 0. The van der Waals surface area contributed by atoms with Gasteiger partial charge in [-0.15, -0.1) is 0 Å². The van der Waals surface area contributed by atoms with E-state index in [0.29, 0.717) is 17.4 Å². The third-order valence-corrected chi connectivity index (χ3v) is 3.92. The van der Waals surface area contributed by atoms with Crippen LogP contribution in [0.15, 0.2) is 0 Å². The minimum absolute atomic E-state index is 0.132. The average molecular weight is 234 g/mol. The molecule has 2 aliphatic rings. The average Bonchev–Trinajstić information content (AvgIpc) is 2.78. The molecule has 2 fully saturated rings. The van der Waals surface area contributed by atoms with Crippen molar-refractivity contribution in [3.8, 4) is 11.8 Å². The lowest BCUT2D eigenvalue weighted by molar-refractivity contribution is 0.207. The third-order valence-electron chi connectivity index (χ3n) is 3.92. The molecule has 0 aromatic carbocycles. The van der Waals surface area contributed by atoms with Crippen LogP contribution in [0.4, 0.5) is 0 Å². The standard InChI is InChI=1S/C15H26N2/c1-14(2,3)7-6-12-13(15(12,4)5)17-10-8-16-9-11-17/h12-13,16H,8-11H2,1-5H3. The van der Waals surface area contributed by atoms with Gasteiger partial charge < -0.3 is 5.32 Å². The van der Waals surface area contributed by atoms with Crippen LogP contribution >= 0.6 is 0 Å². The van der Waals surface area contributed by atoms with Gasteiger partial charge in [-0.3, -0.25) is 4.90 Å². The summed E-state index contributed by atoms with van der Waals surface area (Å²) in [5, 5.41) is 3.42. The Bertz CT molecular complexity index is 334. The van der Waals surface area contributed by atoms with E-state index in [1.165, 1.54) is 13.1 Å². The van der Waals surface area contributed by atoms with Gasteiger partial charge in [0.25, 0.3) is 0 Å². The molecule has 2 nitrogen and oxygen atoms in total. The van der Waals surface area contributed by atoms with Crippen LogP contribution in [0, 0.1) is 28.6 Å². The van der Waals surface area contributed by atoms with Crippen molar-refractivity contribution in [1.82, 2.24) is 10.2 Å². The lowest BCUT2D eigenvalue weighted by Gasteiger charge is -2.28. The predicted molar refractivity (Wildman–Crippen MR) is 72.7 cm³/mol. The van der Waals surface area contributed by atoms with Gasteiger partial charge in [0.15, 0.2) is 0 Å². The van der Waals surface area contributed by atoms with Crippen LogP contribution in [0.1, 0.15) is 34.6 Å². The molecular formula is C15H26N2. The van der Waals surface area contributed by atoms with Crippen molar-refractivity contribution in [3.05, 3.63) is 0 Å². The van der Waals surface area contributed by atoms with Gasteiger partial charge in [-0.2, -0.15) is 0 Å². The highest BCUT2D eigenvalue weighted by Crippen LogP contribution is 2.54. The molecule has 0 spiro atoms. The monoisotopic (exact) mass is 234 g/mol. The number of nitrogens with zero attached hydrogens (tertiary/aromatic N) is 1. The second-order valence-corrected chi connectivity index (χ2v) is 7.05. The fraction of sp³-hybridized carbons (Fsp3) is 0.867. The normalized spacial score (nSPS) is 32.8. The largest absolute Gasteiger partial charge is 0.314 e. The molecule has 0 amide bonds. The Morgan fingerprint density at radius 2 is 1.76 bits per heavy atom. The molecule has 2 rings (SSSR count). The molecule has 0 aromatic rings. The summed E-state index contributed by atoms with van der Waals surface area (Å²) in [6.45, 7) is 15.9. The molecule has 0 aromatic heterocycles. The van der Waals surface area contributed by atoms with E-state index in [1.54, 1.807) is 0 Å². The number of nitrogens with one attached hydrogen (secondary N) is 1. The molecular weight excluding hydrogens is 208 g/mol. The number of rotatable bonds is 1. The second kappa shape index (κ2) is 4.30. The van der Waals surface area contributed by atoms with Gasteiger partial charge in [0, 0.05) is 43.6 Å². The summed E-state index contributed by atoms with van der Waals surface area (Å²) < 4.78 is 0. The van der Waals surface area contributed by atoms with Crippen molar-refractivity contribution >= 4 is 0 Å². The topological polar surface area (TPSA) is 15.3 Å². The number of piperazine rings is 1. The minimum Gasteiger partial charge on any atom is -0.314 e. The number of hydrogen-bond donors (Lipinski definition) is 1. The molecule has 1 saturated carbocycles. The van der Waals surface area contributed by atoms with E-state index in [4.69, 9.17) is 0 Å². The first kappa shape index (κ1) is 12.9. The first-order chi connectivity index (χ1) is 7.82. The van der Waals surface area contributed by atoms with Crippen molar-refractivity contribution in [2.24, 2.45) is 16.7 Å². The van der Waals surface area contributed by atoms with E-state index >= 15 is 0 Å². The number of hydrogen-bond acceptors (Lipinski definition) is 2. The highest BCUT2D eigenvalue weighted by atomic mass is 15.3. The maximum Gasteiger partial charge on any atom is 0.0430 e. The summed E-state index contributed by atoms with van der Waals surface area (Å²) in [6, 6.07) is 0.680. The molecule has 2 unspecified atom stereocenters. The molecule has 0 bridgehead atoms. The van der Waals surface area contributed by atoms with Crippen LogP contribution < -0.4 is 5.32 Å². The molecule has 0 radical (unpaired) electrons. The highest BCUT2D eigenvalue weighted by Gasteiger charge is 2.59. The third kappa shape index (κ3) is 2.84. The first-order valence-electron chi connectivity index (χ1n) is 6.80. The van der Waals surface area contributed by atoms with Gasteiger partial charge in [0.2, 0.25) is 0 Å². The molecule has 1 aliphatic heterocycles. The van der Waals surface area contributed by atoms with Crippen LogP contribution in [0.2, 0.25) is 0 Å². The maximum atomic E-state index is 3.52. The molecule has 1 saturated heterocycles. The van der Waals surface area contributed by atoms with Crippen LogP contribution in [-0.4, -0.2) is 37.1 Å². The lowest BCUT2D eigenvalue weighted by Crippen LogP contribution is -2.45. The molecule has 2 heteroatoms. The SMILES string of the molecule is CC(C)(C)C#CC1C(N2CCNCC2)C1(C)C. The van der Waals surface area contributed by atoms with Gasteiger partial charge in [-0.05, 0) is 26.2 Å². The lowest BCUT2D eigenvalue weighted by atomic mass is 9.97. The van der Waals surface area contributed by atoms with Gasteiger partial charge >= 0.3 is 0 Å². The van der Waals surface area contributed by atoms with Gasteiger partial charge in [-0.25, -0.2) is 0 Å². The maximum absolute atomic E-state index is 3.52. The zero-order valence-electron chi connectivity index (χ0n) is 11.9. The van der Waals surface area contributed by atoms with E-state index in [-0.39, 0.29) is 5.41 Å². The Balaban J connectivity index is 2.02. The molecule has 1 aliphatic carbocycles. The molecule has 17 heavy (non-hydrogen) atoms. The summed E-state index contributed by atoms with van der Waals surface area (Å²) in [5.74, 6) is 7.51. The highest BCUT2D eigenvalue weighted by molar-refractivity contribution is 5.27. The molecule has 96 valence electrons. The summed E-state index contributed by atoms with van der Waals surface area (Å²) in [6.07, 6.45) is 0. The van der Waals surface area contributed by atoms with Crippen LogP contribution in [0.5, 0.6) is 0 Å². The Labute approximate surface area is 106 Å². The minimum atomic E-state index is 0.132. The van der Waals surface area contributed by atoms with Crippen LogP contribution in [-0.2, 0) is 0 Å². The van der Waals surface area contributed by atoms with Crippen molar-refractivity contribution in [3.63, 3.8) is 0 Å². The Hall–Kier alpha value is -0.520. The Morgan fingerprint density at radius 3 is 2.29 bits per heavy atom. The smallest absolute Gasteiger partial charge is 0.0430 e. The van der Waals surface area contributed by atoms with Crippen molar-refractivity contribution in [2.45, 2.75) is 40.7 Å². The van der Waals surface area contributed by atoms with E-state index in [9.17, 15) is 0 Å². The predicted octanol–water partition coefficient (Wildman–Crippen LogP) is 1.97. The second-order valence-electron chi connectivity index (χ2n) is 7.05. The quantitative estimate of drug-likeness (QED) is 0.698. The fourth-order valence-corrected chi connectivity index (χ4v) is 2.81. The fourth-order valence-electron chi connectivity index (χ4n) is 2.81. The van der Waals surface area contributed by atoms with Crippen molar-refractivity contribution in [1.29, 1.82) is 0 Å². The summed E-state index contributed by atoms with van der Waals surface area (Å²) in [4.78, 5) is 2.62. The zero-order valence-corrected chi connectivity index (χ0v) is 11.9. The summed E-state index contributed by atoms with van der Waals surface area (Å²) in [5.41, 5.74) is 0.516. The zero-order chi connectivity index (χ0) is 12.7.